The third kappa shape index (κ3) is 2.48. The lowest BCUT2D eigenvalue weighted by Crippen LogP contribution is -2.19. The van der Waals surface area contributed by atoms with E-state index in [1.807, 2.05) is 20.9 Å². The highest BCUT2D eigenvalue weighted by Crippen LogP contribution is 2.21. The minimum Gasteiger partial charge on any atom is -0.487 e. The third-order valence-electron chi connectivity index (χ3n) is 2.04. The second-order valence-electron chi connectivity index (χ2n) is 3.24. The quantitative estimate of drug-likeness (QED) is 0.829. The Morgan fingerprint density at radius 2 is 2.21 bits per heavy atom. The van der Waals surface area contributed by atoms with Crippen LogP contribution in [0.25, 0.3) is 0 Å². The lowest BCUT2D eigenvalue weighted by Gasteiger charge is -2.09. The number of hydrogen-bond acceptors (Lipinski definition) is 3. The van der Waals surface area contributed by atoms with Crippen LogP contribution in [0.1, 0.15) is 11.4 Å². The van der Waals surface area contributed by atoms with Gasteiger partial charge in [0.1, 0.15) is 12.3 Å². The van der Waals surface area contributed by atoms with Gasteiger partial charge in [0.2, 0.25) is 0 Å². The van der Waals surface area contributed by atoms with Crippen LogP contribution in [0.15, 0.2) is 0 Å². The summed E-state index contributed by atoms with van der Waals surface area (Å²) < 4.78 is 7.25. The number of halogens is 1. The number of aliphatic hydroxyl groups excluding tert-OH is 1. The molecule has 0 saturated heterocycles. The molecular formula is C9H15BrN2O2. The summed E-state index contributed by atoms with van der Waals surface area (Å²) >= 11 is 3.18. The van der Waals surface area contributed by atoms with Crippen LogP contribution < -0.4 is 4.74 Å². The number of rotatable bonds is 4. The fourth-order valence-corrected chi connectivity index (χ4v) is 1.37. The number of aryl methyl sites for hydroxylation is 2. The molecule has 1 aromatic rings. The van der Waals surface area contributed by atoms with Crippen LogP contribution in [0.4, 0.5) is 0 Å². The minimum atomic E-state index is -0.478. The van der Waals surface area contributed by atoms with E-state index in [1.54, 1.807) is 4.68 Å². The first-order valence-corrected chi connectivity index (χ1v) is 5.55. The summed E-state index contributed by atoms with van der Waals surface area (Å²) in [6, 6.07) is 0. The monoisotopic (exact) mass is 262 g/mol. The Morgan fingerprint density at radius 3 is 2.64 bits per heavy atom. The molecule has 0 aliphatic carbocycles. The lowest BCUT2D eigenvalue weighted by atomic mass is 10.3. The fourth-order valence-electron chi connectivity index (χ4n) is 1.19. The molecule has 0 aliphatic rings. The molecule has 1 N–H and O–H groups in total. The first-order valence-electron chi connectivity index (χ1n) is 4.43. The number of nitrogens with zero attached hydrogens (tertiary/aromatic N) is 2. The van der Waals surface area contributed by atoms with E-state index < -0.39 is 6.10 Å². The molecule has 4 nitrogen and oxygen atoms in total. The highest BCUT2D eigenvalue weighted by molar-refractivity contribution is 9.09. The zero-order valence-corrected chi connectivity index (χ0v) is 10.2. The van der Waals surface area contributed by atoms with E-state index in [2.05, 4.69) is 21.0 Å². The summed E-state index contributed by atoms with van der Waals surface area (Å²) in [4.78, 5) is 0. The van der Waals surface area contributed by atoms with E-state index in [0.29, 0.717) is 11.9 Å². The van der Waals surface area contributed by atoms with Gasteiger partial charge in [0.05, 0.1) is 11.8 Å². The number of aliphatic hydroxyl groups is 1. The van der Waals surface area contributed by atoms with E-state index in [0.717, 1.165) is 17.1 Å². The summed E-state index contributed by atoms with van der Waals surface area (Å²) in [5.74, 6) is 0.771. The first kappa shape index (κ1) is 11.5. The molecule has 0 aliphatic heterocycles. The number of alkyl halides is 1. The van der Waals surface area contributed by atoms with E-state index in [4.69, 9.17) is 4.74 Å². The van der Waals surface area contributed by atoms with Crippen LogP contribution in [-0.2, 0) is 7.05 Å². The van der Waals surface area contributed by atoms with Crippen molar-refractivity contribution >= 4 is 15.9 Å². The zero-order valence-electron chi connectivity index (χ0n) is 8.62. The smallest absolute Gasteiger partial charge is 0.163 e. The Hall–Kier alpha value is -0.550. The molecule has 1 rings (SSSR count). The van der Waals surface area contributed by atoms with Gasteiger partial charge in [0, 0.05) is 12.4 Å². The molecular weight excluding hydrogens is 248 g/mol. The van der Waals surface area contributed by atoms with Crippen LogP contribution in [0, 0.1) is 13.8 Å². The van der Waals surface area contributed by atoms with Gasteiger partial charge in [-0.25, -0.2) is 0 Å². The molecule has 0 spiro atoms. The van der Waals surface area contributed by atoms with Gasteiger partial charge >= 0.3 is 0 Å². The maximum Gasteiger partial charge on any atom is 0.163 e. The van der Waals surface area contributed by atoms with Crippen LogP contribution in [0.2, 0.25) is 0 Å². The van der Waals surface area contributed by atoms with Crippen molar-refractivity contribution < 1.29 is 9.84 Å². The third-order valence-corrected chi connectivity index (χ3v) is 2.79. The Labute approximate surface area is 92.0 Å². The Morgan fingerprint density at radius 1 is 1.57 bits per heavy atom. The van der Waals surface area contributed by atoms with Gasteiger partial charge in [0.15, 0.2) is 5.75 Å². The fraction of sp³-hybridized carbons (Fsp3) is 0.667. The molecule has 0 amide bonds. The molecule has 1 unspecified atom stereocenters. The van der Waals surface area contributed by atoms with E-state index in [-0.39, 0.29) is 0 Å². The zero-order chi connectivity index (χ0) is 10.7. The molecule has 0 aromatic carbocycles. The summed E-state index contributed by atoms with van der Waals surface area (Å²) in [7, 11) is 1.87. The number of hydrogen-bond donors (Lipinski definition) is 1. The predicted octanol–water partition coefficient (Wildman–Crippen LogP) is 1.17. The Balaban J connectivity index is 2.67. The average molecular weight is 263 g/mol. The van der Waals surface area contributed by atoms with Crippen LogP contribution >= 0.6 is 15.9 Å². The lowest BCUT2D eigenvalue weighted by molar-refractivity contribution is 0.126. The largest absolute Gasteiger partial charge is 0.487 e. The molecule has 0 radical (unpaired) electrons. The van der Waals surface area contributed by atoms with Crippen molar-refractivity contribution in [1.82, 2.24) is 9.78 Å². The maximum absolute atomic E-state index is 9.31. The molecule has 14 heavy (non-hydrogen) atoms. The second-order valence-corrected chi connectivity index (χ2v) is 3.89. The van der Waals surface area contributed by atoms with Crippen molar-refractivity contribution in [2.75, 3.05) is 11.9 Å². The van der Waals surface area contributed by atoms with Crippen LogP contribution in [0.3, 0.4) is 0 Å². The molecule has 0 fully saturated rings. The van der Waals surface area contributed by atoms with Crippen LogP contribution in [0.5, 0.6) is 5.75 Å². The topological polar surface area (TPSA) is 47.3 Å². The van der Waals surface area contributed by atoms with Gasteiger partial charge in [-0.05, 0) is 13.8 Å². The van der Waals surface area contributed by atoms with Crippen molar-refractivity contribution in [1.29, 1.82) is 0 Å². The van der Waals surface area contributed by atoms with Crippen molar-refractivity contribution in [3.8, 4) is 5.75 Å². The molecule has 5 heteroatoms. The summed E-state index contributed by atoms with van der Waals surface area (Å²) in [6.07, 6.45) is -0.478. The van der Waals surface area contributed by atoms with E-state index >= 15 is 0 Å². The molecule has 0 bridgehead atoms. The normalized spacial score (nSPS) is 12.9. The Kier molecular flexibility index (Phi) is 3.95. The summed E-state index contributed by atoms with van der Waals surface area (Å²) in [5.41, 5.74) is 1.83. The predicted molar refractivity (Wildman–Crippen MR) is 58.0 cm³/mol. The molecule has 0 saturated carbocycles. The number of aromatic nitrogens is 2. The van der Waals surface area contributed by atoms with Gasteiger partial charge < -0.3 is 9.84 Å². The Bertz CT molecular complexity index is 312. The highest BCUT2D eigenvalue weighted by atomic mass is 79.9. The van der Waals surface area contributed by atoms with Gasteiger partial charge in [-0.3, -0.25) is 4.68 Å². The van der Waals surface area contributed by atoms with E-state index in [1.165, 1.54) is 0 Å². The summed E-state index contributed by atoms with van der Waals surface area (Å²) in [5, 5.41) is 14.0. The van der Waals surface area contributed by atoms with Crippen LogP contribution in [-0.4, -0.2) is 32.9 Å². The van der Waals surface area contributed by atoms with Crippen molar-refractivity contribution in [3.05, 3.63) is 11.4 Å². The number of ether oxygens (including phenoxy) is 1. The van der Waals surface area contributed by atoms with Crippen molar-refractivity contribution in [3.63, 3.8) is 0 Å². The summed E-state index contributed by atoms with van der Waals surface area (Å²) in [6.45, 7) is 4.12. The highest BCUT2D eigenvalue weighted by Gasteiger charge is 2.12. The van der Waals surface area contributed by atoms with Crippen molar-refractivity contribution in [2.24, 2.45) is 7.05 Å². The SMILES string of the molecule is Cc1nn(C)c(C)c1OCC(O)CBr. The average Bonchev–Trinajstić information content (AvgIpc) is 2.39. The molecule has 80 valence electrons. The first-order chi connectivity index (χ1) is 6.56. The van der Waals surface area contributed by atoms with Gasteiger partial charge in [-0.2, -0.15) is 5.10 Å². The van der Waals surface area contributed by atoms with Crippen molar-refractivity contribution in [2.45, 2.75) is 20.0 Å². The minimum absolute atomic E-state index is 0.290. The molecule has 1 atom stereocenters. The van der Waals surface area contributed by atoms with Gasteiger partial charge in [-0.15, -0.1) is 0 Å². The standard InChI is InChI=1S/C9H15BrN2O2/c1-6-9(7(2)12(3)11-6)14-5-8(13)4-10/h8,13H,4-5H2,1-3H3. The van der Waals surface area contributed by atoms with Gasteiger partial charge in [0.25, 0.3) is 0 Å². The molecule has 1 heterocycles. The van der Waals surface area contributed by atoms with Gasteiger partial charge in [-0.1, -0.05) is 15.9 Å². The maximum atomic E-state index is 9.31. The van der Waals surface area contributed by atoms with E-state index in [9.17, 15) is 5.11 Å². The second kappa shape index (κ2) is 4.79. The molecule has 1 aromatic heterocycles.